The van der Waals surface area contributed by atoms with Crippen LogP contribution in [0.1, 0.15) is 68.2 Å². The summed E-state index contributed by atoms with van der Waals surface area (Å²) in [4.78, 5) is 4.79. The summed E-state index contributed by atoms with van der Waals surface area (Å²) in [5.74, 6) is 3.60. The zero-order chi connectivity index (χ0) is 20.5. The molecule has 6 nitrogen and oxygen atoms in total. The SMILES string of the molecule is CCNC(=NCC(C)c1ccc(C)cc1)NCCCc1nnc2n1CCCCC2.I. The zero-order valence-corrected chi connectivity index (χ0v) is 21.0. The Bertz CT molecular complexity index is 783. The molecule has 1 atom stereocenters. The lowest BCUT2D eigenvalue weighted by atomic mass is 10.0. The van der Waals surface area contributed by atoms with E-state index in [0.717, 1.165) is 57.2 Å². The van der Waals surface area contributed by atoms with Crippen LogP contribution in [0, 0.1) is 6.92 Å². The van der Waals surface area contributed by atoms with Crippen molar-refractivity contribution in [2.24, 2.45) is 4.99 Å². The van der Waals surface area contributed by atoms with Gasteiger partial charge >= 0.3 is 0 Å². The quantitative estimate of drug-likeness (QED) is 0.235. The molecule has 166 valence electrons. The number of hydrogen-bond donors (Lipinski definition) is 2. The fraction of sp³-hybridized carbons (Fsp3) is 0.609. The average molecular weight is 524 g/mol. The second-order valence-electron chi connectivity index (χ2n) is 8.06. The number of nitrogens with one attached hydrogen (secondary N) is 2. The first-order valence-electron chi connectivity index (χ1n) is 11.2. The number of fused-ring (bicyclic) bond motifs is 1. The number of aromatic nitrogens is 3. The topological polar surface area (TPSA) is 67.1 Å². The Morgan fingerprint density at radius 3 is 2.70 bits per heavy atom. The highest BCUT2D eigenvalue weighted by atomic mass is 127. The van der Waals surface area contributed by atoms with Crippen LogP contribution < -0.4 is 10.6 Å². The minimum Gasteiger partial charge on any atom is -0.357 e. The Kier molecular flexibility index (Phi) is 10.6. The lowest BCUT2D eigenvalue weighted by molar-refractivity contribution is 0.593. The third kappa shape index (κ3) is 7.25. The molecular formula is C23H37IN6. The maximum Gasteiger partial charge on any atom is 0.191 e. The molecule has 0 radical (unpaired) electrons. The number of guanidine groups is 1. The molecule has 0 fully saturated rings. The summed E-state index contributed by atoms with van der Waals surface area (Å²) in [7, 11) is 0. The number of benzene rings is 1. The predicted molar refractivity (Wildman–Crippen MR) is 135 cm³/mol. The smallest absolute Gasteiger partial charge is 0.191 e. The van der Waals surface area contributed by atoms with Crippen molar-refractivity contribution in [3.05, 3.63) is 47.0 Å². The van der Waals surface area contributed by atoms with Gasteiger partial charge in [0.15, 0.2) is 5.96 Å². The minimum atomic E-state index is 0. The number of nitrogens with zero attached hydrogens (tertiary/aromatic N) is 4. The molecule has 0 saturated carbocycles. The van der Waals surface area contributed by atoms with E-state index in [-0.39, 0.29) is 24.0 Å². The van der Waals surface area contributed by atoms with Gasteiger partial charge in [0.25, 0.3) is 0 Å². The summed E-state index contributed by atoms with van der Waals surface area (Å²) in [5.41, 5.74) is 2.63. The van der Waals surface area contributed by atoms with E-state index in [1.54, 1.807) is 0 Å². The molecule has 7 heteroatoms. The molecule has 1 unspecified atom stereocenters. The van der Waals surface area contributed by atoms with Gasteiger partial charge in [0.05, 0.1) is 0 Å². The van der Waals surface area contributed by atoms with Crippen molar-refractivity contribution >= 4 is 29.9 Å². The molecule has 3 rings (SSSR count). The van der Waals surface area contributed by atoms with Gasteiger partial charge in [-0.15, -0.1) is 34.2 Å². The molecule has 0 amide bonds. The largest absolute Gasteiger partial charge is 0.357 e. The van der Waals surface area contributed by atoms with E-state index in [1.165, 1.54) is 36.2 Å². The highest BCUT2D eigenvalue weighted by molar-refractivity contribution is 14.0. The van der Waals surface area contributed by atoms with Gasteiger partial charge < -0.3 is 15.2 Å². The summed E-state index contributed by atoms with van der Waals surface area (Å²) in [6.45, 7) is 10.1. The maximum absolute atomic E-state index is 4.79. The highest BCUT2D eigenvalue weighted by Gasteiger charge is 2.14. The lowest BCUT2D eigenvalue weighted by Crippen LogP contribution is -2.38. The lowest BCUT2D eigenvalue weighted by Gasteiger charge is -2.14. The van der Waals surface area contributed by atoms with E-state index in [1.807, 2.05) is 0 Å². The predicted octanol–water partition coefficient (Wildman–Crippen LogP) is 4.22. The van der Waals surface area contributed by atoms with E-state index < -0.39 is 0 Å². The Labute approximate surface area is 198 Å². The Morgan fingerprint density at radius 1 is 1.13 bits per heavy atom. The molecular weight excluding hydrogens is 487 g/mol. The third-order valence-corrected chi connectivity index (χ3v) is 5.57. The average Bonchev–Trinajstić information content (AvgIpc) is 2.95. The molecule has 0 spiro atoms. The molecule has 2 aromatic rings. The van der Waals surface area contributed by atoms with E-state index in [9.17, 15) is 0 Å². The Balaban J connectivity index is 0.00000320. The van der Waals surface area contributed by atoms with Crippen molar-refractivity contribution in [1.82, 2.24) is 25.4 Å². The summed E-state index contributed by atoms with van der Waals surface area (Å²) in [5, 5.41) is 15.7. The van der Waals surface area contributed by atoms with Crippen LogP contribution in [0.15, 0.2) is 29.3 Å². The molecule has 0 aliphatic carbocycles. The van der Waals surface area contributed by atoms with Gasteiger partial charge in [-0.25, -0.2) is 0 Å². The van der Waals surface area contributed by atoms with E-state index in [0.29, 0.717) is 5.92 Å². The summed E-state index contributed by atoms with van der Waals surface area (Å²) < 4.78 is 2.34. The van der Waals surface area contributed by atoms with Crippen molar-refractivity contribution in [3.8, 4) is 0 Å². The van der Waals surface area contributed by atoms with Crippen LogP contribution in [-0.2, 0) is 19.4 Å². The van der Waals surface area contributed by atoms with Gasteiger partial charge in [0.2, 0.25) is 0 Å². The molecule has 0 saturated heterocycles. The van der Waals surface area contributed by atoms with Crippen molar-refractivity contribution < 1.29 is 0 Å². The van der Waals surface area contributed by atoms with Gasteiger partial charge in [0.1, 0.15) is 11.6 Å². The van der Waals surface area contributed by atoms with E-state index in [2.05, 4.69) is 70.4 Å². The second-order valence-corrected chi connectivity index (χ2v) is 8.06. The van der Waals surface area contributed by atoms with E-state index >= 15 is 0 Å². The van der Waals surface area contributed by atoms with Crippen LogP contribution in [0.25, 0.3) is 0 Å². The number of aliphatic imine (C=N–C) groups is 1. The number of hydrogen-bond acceptors (Lipinski definition) is 3. The highest BCUT2D eigenvalue weighted by Crippen LogP contribution is 2.16. The maximum atomic E-state index is 4.79. The Morgan fingerprint density at radius 2 is 1.93 bits per heavy atom. The van der Waals surface area contributed by atoms with Gasteiger partial charge in [0, 0.05) is 44.9 Å². The van der Waals surface area contributed by atoms with Crippen LogP contribution >= 0.6 is 24.0 Å². The van der Waals surface area contributed by atoms with Crippen molar-refractivity contribution in [2.75, 3.05) is 19.6 Å². The van der Waals surface area contributed by atoms with Crippen LogP contribution in [0.5, 0.6) is 0 Å². The normalized spacial score (nSPS) is 15.0. The summed E-state index contributed by atoms with van der Waals surface area (Å²) in [6, 6.07) is 8.75. The zero-order valence-electron chi connectivity index (χ0n) is 18.7. The third-order valence-electron chi connectivity index (χ3n) is 5.57. The van der Waals surface area contributed by atoms with Gasteiger partial charge in [-0.3, -0.25) is 4.99 Å². The minimum absolute atomic E-state index is 0. The van der Waals surface area contributed by atoms with Crippen LogP contribution in [0.2, 0.25) is 0 Å². The monoisotopic (exact) mass is 524 g/mol. The summed E-state index contributed by atoms with van der Waals surface area (Å²) in [6.07, 6.45) is 6.83. The molecule has 2 N–H and O–H groups in total. The fourth-order valence-electron chi connectivity index (χ4n) is 3.75. The standard InChI is InChI=1S/C23H36N6.HI/c1-4-24-23(26-17-19(3)20-13-11-18(2)12-14-20)25-15-8-10-22-28-27-21-9-6-5-7-16-29(21)22;/h11-14,19H,4-10,15-17H2,1-3H3,(H2,24,25,26);1H. The van der Waals surface area contributed by atoms with Crippen molar-refractivity contribution in [2.45, 2.75) is 71.8 Å². The van der Waals surface area contributed by atoms with Crippen molar-refractivity contribution in [1.29, 1.82) is 0 Å². The van der Waals surface area contributed by atoms with Crippen LogP contribution in [0.4, 0.5) is 0 Å². The number of halogens is 1. The second kappa shape index (κ2) is 12.9. The van der Waals surface area contributed by atoms with Crippen molar-refractivity contribution in [3.63, 3.8) is 0 Å². The number of rotatable bonds is 8. The molecule has 1 aliphatic rings. The molecule has 30 heavy (non-hydrogen) atoms. The Hall–Kier alpha value is -1.64. The van der Waals surface area contributed by atoms with Gasteiger partial charge in [-0.1, -0.05) is 43.2 Å². The fourth-order valence-corrected chi connectivity index (χ4v) is 3.75. The summed E-state index contributed by atoms with van der Waals surface area (Å²) >= 11 is 0. The number of aryl methyl sites for hydroxylation is 3. The first-order chi connectivity index (χ1) is 14.2. The molecule has 1 aromatic heterocycles. The molecule has 1 aromatic carbocycles. The van der Waals surface area contributed by atoms with Crippen LogP contribution in [0.3, 0.4) is 0 Å². The van der Waals surface area contributed by atoms with E-state index in [4.69, 9.17) is 4.99 Å². The van der Waals surface area contributed by atoms with Gasteiger partial charge in [-0.2, -0.15) is 0 Å². The first-order valence-corrected chi connectivity index (χ1v) is 11.2. The molecule has 1 aliphatic heterocycles. The molecule has 2 heterocycles. The van der Waals surface area contributed by atoms with Gasteiger partial charge in [-0.05, 0) is 38.7 Å². The van der Waals surface area contributed by atoms with Crippen LogP contribution in [-0.4, -0.2) is 40.4 Å². The first kappa shape index (κ1) is 24.6. The molecule has 0 bridgehead atoms.